The summed E-state index contributed by atoms with van der Waals surface area (Å²) in [5.74, 6) is -0.929. The molecule has 0 spiro atoms. The van der Waals surface area contributed by atoms with Gasteiger partial charge in [0.05, 0.1) is 18.6 Å². The number of ether oxygens (including phenoxy) is 1. The summed E-state index contributed by atoms with van der Waals surface area (Å²) in [5, 5.41) is 18.9. The smallest absolute Gasteiger partial charge is 0.306 e. The molecule has 1 saturated carbocycles. The highest BCUT2D eigenvalue weighted by atomic mass is 16.5. The zero-order chi connectivity index (χ0) is 13.7. The Bertz CT molecular complexity index is 396. The van der Waals surface area contributed by atoms with Crippen molar-refractivity contribution in [1.29, 1.82) is 0 Å². The van der Waals surface area contributed by atoms with Gasteiger partial charge in [-0.15, -0.1) is 0 Å². The number of hydrogen-bond acceptors (Lipinski definition) is 3. The Balaban J connectivity index is 1.73. The molecule has 0 heterocycles. The van der Waals surface area contributed by atoms with E-state index in [-0.39, 0.29) is 18.6 Å². The van der Waals surface area contributed by atoms with Crippen LogP contribution in [0.25, 0.3) is 0 Å². The molecule has 0 radical (unpaired) electrons. The molecule has 2 N–H and O–H groups in total. The van der Waals surface area contributed by atoms with Gasteiger partial charge in [-0.3, -0.25) is 4.79 Å². The number of aliphatic hydroxyl groups is 1. The number of carbonyl (C=O) groups is 1. The molecule has 4 nitrogen and oxygen atoms in total. The highest BCUT2D eigenvalue weighted by Gasteiger charge is 2.26. The van der Waals surface area contributed by atoms with E-state index in [4.69, 9.17) is 9.84 Å². The molecule has 0 aromatic heterocycles. The van der Waals surface area contributed by atoms with E-state index in [1.807, 2.05) is 30.3 Å². The van der Waals surface area contributed by atoms with Gasteiger partial charge in [-0.05, 0) is 31.2 Å². The van der Waals surface area contributed by atoms with E-state index in [0.29, 0.717) is 12.8 Å². The van der Waals surface area contributed by atoms with Crippen LogP contribution in [-0.4, -0.2) is 28.9 Å². The van der Waals surface area contributed by atoms with Gasteiger partial charge in [0.15, 0.2) is 0 Å². The molecule has 1 aliphatic carbocycles. The number of aliphatic hydroxyl groups excluding tert-OH is 1. The van der Waals surface area contributed by atoms with Crippen molar-refractivity contribution >= 4 is 5.97 Å². The molecular weight excluding hydrogens is 244 g/mol. The van der Waals surface area contributed by atoms with Gasteiger partial charge in [0, 0.05) is 0 Å². The van der Waals surface area contributed by atoms with Crippen molar-refractivity contribution in [3.63, 3.8) is 0 Å². The average molecular weight is 264 g/mol. The Hall–Kier alpha value is -1.39. The second-order valence-electron chi connectivity index (χ2n) is 5.07. The topological polar surface area (TPSA) is 66.8 Å². The van der Waals surface area contributed by atoms with Gasteiger partial charge in [0.2, 0.25) is 0 Å². The van der Waals surface area contributed by atoms with E-state index >= 15 is 0 Å². The lowest BCUT2D eigenvalue weighted by Gasteiger charge is -2.27. The second-order valence-corrected chi connectivity index (χ2v) is 5.07. The van der Waals surface area contributed by atoms with E-state index in [9.17, 15) is 9.90 Å². The maximum atomic E-state index is 10.8. The van der Waals surface area contributed by atoms with Crippen LogP contribution in [0, 0.1) is 5.92 Å². The first kappa shape index (κ1) is 14.0. The quantitative estimate of drug-likeness (QED) is 0.857. The van der Waals surface area contributed by atoms with Crippen LogP contribution in [0.4, 0.5) is 0 Å². The molecule has 0 saturated heterocycles. The summed E-state index contributed by atoms with van der Waals surface area (Å²) in [4.78, 5) is 10.8. The third-order valence-electron chi connectivity index (χ3n) is 3.70. The average Bonchev–Trinajstić information content (AvgIpc) is 2.46. The molecule has 1 fully saturated rings. The fourth-order valence-corrected chi connectivity index (χ4v) is 2.48. The Morgan fingerprint density at radius 3 is 2.42 bits per heavy atom. The lowest BCUT2D eigenvalue weighted by molar-refractivity contribution is -0.144. The SMILES string of the molecule is O=C(O)C1CCC(OCC(O)c2ccccc2)CC1. The van der Waals surface area contributed by atoms with Crippen LogP contribution in [-0.2, 0) is 9.53 Å². The fourth-order valence-electron chi connectivity index (χ4n) is 2.48. The minimum absolute atomic E-state index is 0.0777. The number of carboxylic acid groups (broad SMARTS) is 1. The van der Waals surface area contributed by atoms with Gasteiger partial charge in [-0.1, -0.05) is 30.3 Å². The molecule has 1 aromatic carbocycles. The molecule has 1 aromatic rings. The van der Waals surface area contributed by atoms with Gasteiger partial charge in [-0.2, -0.15) is 0 Å². The molecule has 1 aliphatic rings. The predicted octanol–water partition coefficient (Wildman–Crippen LogP) is 2.38. The summed E-state index contributed by atoms with van der Waals surface area (Å²) in [7, 11) is 0. The van der Waals surface area contributed by atoms with Gasteiger partial charge >= 0.3 is 5.97 Å². The summed E-state index contributed by atoms with van der Waals surface area (Å²) < 4.78 is 5.68. The lowest BCUT2D eigenvalue weighted by atomic mass is 9.87. The third kappa shape index (κ3) is 4.04. The maximum absolute atomic E-state index is 10.8. The van der Waals surface area contributed by atoms with E-state index in [1.165, 1.54) is 0 Å². The minimum Gasteiger partial charge on any atom is -0.481 e. The van der Waals surface area contributed by atoms with E-state index in [2.05, 4.69) is 0 Å². The van der Waals surface area contributed by atoms with Crippen molar-refractivity contribution in [2.75, 3.05) is 6.61 Å². The Morgan fingerprint density at radius 2 is 1.84 bits per heavy atom. The standard InChI is InChI=1S/C15H20O4/c16-14(11-4-2-1-3-5-11)10-19-13-8-6-12(7-9-13)15(17)18/h1-5,12-14,16H,6-10H2,(H,17,18). The summed E-state index contributed by atoms with van der Waals surface area (Å²) >= 11 is 0. The molecule has 0 aliphatic heterocycles. The fraction of sp³-hybridized carbons (Fsp3) is 0.533. The maximum Gasteiger partial charge on any atom is 0.306 e. The number of hydrogen-bond donors (Lipinski definition) is 2. The first-order valence-corrected chi connectivity index (χ1v) is 6.74. The second kappa shape index (κ2) is 6.68. The first-order valence-electron chi connectivity index (χ1n) is 6.74. The number of carboxylic acids is 1. The van der Waals surface area contributed by atoms with E-state index < -0.39 is 12.1 Å². The Kier molecular flexibility index (Phi) is 4.93. The number of benzene rings is 1. The van der Waals surface area contributed by atoms with Crippen molar-refractivity contribution in [3.05, 3.63) is 35.9 Å². The molecule has 19 heavy (non-hydrogen) atoms. The molecule has 0 bridgehead atoms. The van der Waals surface area contributed by atoms with Crippen molar-refractivity contribution in [1.82, 2.24) is 0 Å². The largest absolute Gasteiger partial charge is 0.481 e. The van der Waals surface area contributed by atoms with Gasteiger partial charge in [0.25, 0.3) is 0 Å². The lowest BCUT2D eigenvalue weighted by Crippen LogP contribution is -2.27. The van der Waals surface area contributed by atoms with Gasteiger partial charge in [-0.25, -0.2) is 0 Å². The van der Waals surface area contributed by atoms with Crippen LogP contribution in [0.2, 0.25) is 0 Å². The van der Waals surface area contributed by atoms with Crippen LogP contribution in [0.15, 0.2) is 30.3 Å². The van der Waals surface area contributed by atoms with Crippen LogP contribution < -0.4 is 0 Å². The Morgan fingerprint density at radius 1 is 1.21 bits per heavy atom. The summed E-state index contributed by atoms with van der Waals surface area (Å²) in [6.45, 7) is 0.270. The van der Waals surface area contributed by atoms with Crippen molar-refractivity contribution in [3.8, 4) is 0 Å². The molecule has 4 heteroatoms. The molecular formula is C15H20O4. The van der Waals surface area contributed by atoms with Crippen molar-refractivity contribution < 1.29 is 19.7 Å². The van der Waals surface area contributed by atoms with Gasteiger partial charge in [0.1, 0.15) is 6.10 Å². The molecule has 2 rings (SSSR count). The highest BCUT2D eigenvalue weighted by molar-refractivity contribution is 5.70. The molecule has 104 valence electrons. The molecule has 1 atom stereocenters. The molecule has 1 unspecified atom stereocenters. The predicted molar refractivity (Wildman–Crippen MR) is 70.7 cm³/mol. The van der Waals surface area contributed by atoms with Crippen LogP contribution in [0.3, 0.4) is 0 Å². The zero-order valence-electron chi connectivity index (χ0n) is 10.9. The van der Waals surface area contributed by atoms with E-state index in [1.54, 1.807) is 0 Å². The summed E-state index contributed by atoms with van der Waals surface area (Å²) in [5.41, 5.74) is 0.849. The van der Waals surface area contributed by atoms with Crippen molar-refractivity contribution in [2.45, 2.75) is 37.9 Å². The Labute approximate surface area is 113 Å². The van der Waals surface area contributed by atoms with Crippen LogP contribution in [0.1, 0.15) is 37.4 Å². The third-order valence-corrected chi connectivity index (χ3v) is 3.70. The number of rotatable bonds is 5. The van der Waals surface area contributed by atoms with Gasteiger partial charge < -0.3 is 14.9 Å². The van der Waals surface area contributed by atoms with Crippen molar-refractivity contribution in [2.24, 2.45) is 5.92 Å². The summed E-state index contributed by atoms with van der Waals surface area (Å²) in [6.07, 6.45) is 2.33. The number of aliphatic carboxylic acids is 1. The minimum atomic E-state index is -0.706. The molecule has 0 amide bonds. The van der Waals surface area contributed by atoms with Crippen LogP contribution >= 0.6 is 0 Å². The summed E-state index contributed by atoms with van der Waals surface area (Å²) in [6, 6.07) is 9.42. The normalized spacial score (nSPS) is 24.9. The van der Waals surface area contributed by atoms with E-state index in [0.717, 1.165) is 18.4 Å². The highest BCUT2D eigenvalue weighted by Crippen LogP contribution is 2.27. The van der Waals surface area contributed by atoms with Crippen LogP contribution in [0.5, 0.6) is 0 Å². The monoisotopic (exact) mass is 264 g/mol. The first-order chi connectivity index (χ1) is 9.16. The zero-order valence-corrected chi connectivity index (χ0v) is 10.9.